The van der Waals surface area contributed by atoms with Crippen molar-refractivity contribution >= 4 is 29.9 Å². The molecule has 3 nitrogen and oxygen atoms in total. The predicted molar refractivity (Wildman–Crippen MR) is 88.3 cm³/mol. The van der Waals surface area contributed by atoms with Crippen LogP contribution in [0.4, 0.5) is 18.9 Å². The summed E-state index contributed by atoms with van der Waals surface area (Å²) in [6, 6.07) is 1.24. The van der Waals surface area contributed by atoms with Crippen LogP contribution < -0.4 is 5.73 Å². The van der Waals surface area contributed by atoms with Gasteiger partial charge < -0.3 is 11.1 Å². The van der Waals surface area contributed by atoms with Crippen molar-refractivity contribution in [3.8, 4) is 0 Å². The Balaban J connectivity index is 3.31. The molecule has 0 unspecified atom stereocenters. The fourth-order valence-corrected chi connectivity index (χ4v) is 2.45. The number of nitrogens with one attached hydrogen (secondary N) is 1. The Kier molecular flexibility index (Phi) is 5.67. The van der Waals surface area contributed by atoms with Crippen LogP contribution in [0.15, 0.2) is 11.1 Å². The number of thioether (sulfide) groups is 1. The van der Waals surface area contributed by atoms with Gasteiger partial charge in [-0.05, 0) is 18.6 Å². The fourth-order valence-electron chi connectivity index (χ4n) is 1.92. The molecule has 1 rings (SSSR count). The molecular weight excluding hydrogens is 311 g/mol. The monoisotopic (exact) mass is 331 g/mol. The Labute approximate surface area is 132 Å². The Morgan fingerprint density at radius 2 is 1.86 bits per heavy atom. The third kappa shape index (κ3) is 4.76. The number of benzene rings is 1. The third-order valence-electron chi connectivity index (χ3n) is 2.86. The van der Waals surface area contributed by atoms with Gasteiger partial charge in [-0.25, -0.2) is 0 Å². The number of aryl methyl sites for hydroxylation is 1. The van der Waals surface area contributed by atoms with Crippen LogP contribution in [-0.2, 0) is 6.18 Å². The van der Waals surface area contributed by atoms with Gasteiger partial charge in [0.1, 0.15) is 0 Å². The lowest BCUT2D eigenvalue weighted by molar-refractivity contribution is -0.138. The molecule has 1 aromatic rings. The maximum Gasteiger partial charge on any atom is 0.417 e. The molecule has 0 spiro atoms. The van der Waals surface area contributed by atoms with Crippen LogP contribution in [0, 0.1) is 12.3 Å². The summed E-state index contributed by atoms with van der Waals surface area (Å²) >= 11 is 1.52. The quantitative estimate of drug-likeness (QED) is 0.630. The van der Waals surface area contributed by atoms with Crippen LogP contribution in [0.5, 0.6) is 0 Å². The molecule has 0 bridgehead atoms. The molecule has 1 aromatic carbocycles. The molecule has 22 heavy (non-hydrogen) atoms. The van der Waals surface area contributed by atoms with E-state index in [0.717, 1.165) is 6.21 Å². The van der Waals surface area contributed by atoms with E-state index in [0.29, 0.717) is 5.88 Å². The number of nitrogen functional groups attached to an aromatic ring is 1. The first-order valence-corrected chi connectivity index (χ1v) is 7.60. The van der Waals surface area contributed by atoms with Crippen molar-refractivity contribution in [1.82, 2.24) is 0 Å². The lowest BCUT2D eigenvalue weighted by Crippen LogP contribution is -2.15. The van der Waals surface area contributed by atoms with Gasteiger partial charge in [-0.15, -0.1) is 11.8 Å². The van der Waals surface area contributed by atoms with Gasteiger partial charge in [0, 0.05) is 34.0 Å². The van der Waals surface area contributed by atoms with E-state index in [9.17, 15) is 13.2 Å². The zero-order chi connectivity index (χ0) is 17.1. The van der Waals surface area contributed by atoms with Crippen LogP contribution in [0.3, 0.4) is 0 Å². The summed E-state index contributed by atoms with van der Waals surface area (Å²) in [6.07, 6.45) is -2.51. The number of rotatable bonds is 4. The first-order chi connectivity index (χ1) is 9.97. The first-order valence-electron chi connectivity index (χ1n) is 6.62. The molecule has 0 aliphatic heterocycles. The molecule has 0 saturated carbocycles. The summed E-state index contributed by atoms with van der Waals surface area (Å²) in [5.41, 5.74) is 5.02. The second kappa shape index (κ2) is 6.73. The largest absolute Gasteiger partial charge is 0.417 e. The number of aliphatic imine (C=N–C) groups is 1. The molecule has 0 radical (unpaired) electrons. The van der Waals surface area contributed by atoms with E-state index in [2.05, 4.69) is 4.99 Å². The van der Waals surface area contributed by atoms with Gasteiger partial charge in [0.25, 0.3) is 0 Å². The summed E-state index contributed by atoms with van der Waals surface area (Å²) in [5.74, 6) is 0.339. The van der Waals surface area contributed by atoms with Crippen molar-refractivity contribution in [3.63, 3.8) is 0 Å². The lowest BCUT2D eigenvalue weighted by atomic mass is 9.95. The molecule has 0 saturated heterocycles. The number of hydrogen-bond donors (Lipinski definition) is 2. The molecule has 0 atom stereocenters. The lowest BCUT2D eigenvalue weighted by Gasteiger charge is -2.18. The average Bonchev–Trinajstić information content (AvgIpc) is 2.31. The zero-order valence-corrected chi connectivity index (χ0v) is 13.8. The van der Waals surface area contributed by atoms with Gasteiger partial charge in [0.05, 0.1) is 11.4 Å². The van der Waals surface area contributed by atoms with E-state index in [4.69, 9.17) is 11.1 Å². The van der Waals surface area contributed by atoms with Gasteiger partial charge in [-0.1, -0.05) is 20.8 Å². The minimum absolute atomic E-state index is 0.0276. The molecule has 0 aliphatic rings. The molecule has 0 aliphatic carbocycles. The summed E-state index contributed by atoms with van der Waals surface area (Å²) in [4.78, 5) is 4.07. The highest BCUT2D eigenvalue weighted by Gasteiger charge is 2.36. The fraction of sp³-hybridized carbons (Fsp3) is 0.467. The highest BCUT2D eigenvalue weighted by molar-refractivity contribution is 8.00. The van der Waals surface area contributed by atoms with Crippen molar-refractivity contribution in [2.45, 2.75) is 38.6 Å². The van der Waals surface area contributed by atoms with E-state index in [1.807, 2.05) is 20.8 Å². The zero-order valence-electron chi connectivity index (χ0n) is 13.0. The highest BCUT2D eigenvalue weighted by Crippen LogP contribution is 2.37. The topological polar surface area (TPSA) is 62.2 Å². The van der Waals surface area contributed by atoms with Crippen LogP contribution in [0.1, 0.15) is 43.0 Å². The molecule has 3 N–H and O–H groups in total. The van der Waals surface area contributed by atoms with Crippen molar-refractivity contribution in [3.05, 3.63) is 28.3 Å². The third-order valence-corrected chi connectivity index (χ3v) is 4.00. The number of hydrogen-bond acceptors (Lipinski definition) is 4. The van der Waals surface area contributed by atoms with Crippen molar-refractivity contribution < 1.29 is 13.2 Å². The SMILES string of the molecule is Cc1cc(N)c(C=N)c(/C=N/CSC(C)(C)C)c1C(F)(F)F. The van der Waals surface area contributed by atoms with E-state index < -0.39 is 11.7 Å². The molecule has 0 aromatic heterocycles. The molecule has 0 fully saturated rings. The van der Waals surface area contributed by atoms with Crippen molar-refractivity contribution in [2.24, 2.45) is 4.99 Å². The number of alkyl halides is 3. The van der Waals surface area contributed by atoms with Gasteiger partial charge in [0.2, 0.25) is 0 Å². The van der Waals surface area contributed by atoms with E-state index in [1.54, 1.807) is 0 Å². The molecule has 0 heterocycles. The van der Waals surface area contributed by atoms with Gasteiger partial charge in [-0.3, -0.25) is 4.99 Å². The van der Waals surface area contributed by atoms with Crippen molar-refractivity contribution in [2.75, 3.05) is 11.6 Å². The number of halogens is 3. The average molecular weight is 331 g/mol. The maximum atomic E-state index is 13.3. The smallest absolute Gasteiger partial charge is 0.398 e. The minimum atomic E-state index is -4.52. The normalized spacial score (nSPS) is 12.9. The van der Waals surface area contributed by atoms with E-state index in [1.165, 1.54) is 31.0 Å². The minimum Gasteiger partial charge on any atom is -0.398 e. The van der Waals surface area contributed by atoms with Crippen LogP contribution in [0.25, 0.3) is 0 Å². The Hall–Kier alpha value is -1.50. The summed E-state index contributed by atoms with van der Waals surface area (Å²) in [7, 11) is 0. The Morgan fingerprint density at radius 1 is 1.27 bits per heavy atom. The molecule has 7 heteroatoms. The van der Waals surface area contributed by atoms with Gasteiger partial charge in [0.15, 0.2) is 0 Å². The summed E-state index contributed by atoms with van der Waals surface area (Å²) < 4.78 is 39.8. The van der Waals surface area contributed by atoms with Crippen LogP contribution in [-0.4, -0.2) is 23.1 Å². The van der Waals surface area contributed by atoms with Crippen molar-refractivity contribution in [1.29, 1.82) is 5.41 Å². The molecular formula is C15H20F3N3S. The number of nitrogens with zero attached hydrogens (tertiary/aromatic N) is 1. The van der Waals surface area contributed by atoms with E-state index in [-0.39, 0.29) is 27.1 Å². The number of anilines is 1. The van der Waals surface area contributed by atoms with Gasteiger partial charge in [-0.2, -0.15) is 13.2 Å². The number of nitrogens with two attached hydrogens (primary N) is 1. The second-order valence-electron chi connectivity index (χ2n) is 5.82. The molecule has 122 valence electrons. The predicted octanol–water partition coefficient (Wildman–Crippen LogP) is 4.50. The summed E-state index contributed by atoms with van der Waals surface area (Å²) in [6.45, 7) is 7.36. The summed E-state index contributed by atoms with van der Waals surface area (Å²) in [5, 5.41) is 7.34. The van der Waals surface area contributed by atoms with Crippen LogP contribution in [0.2, 0.25) is 0 Å². The van der Waals surface area contributed by atoms with E-state index >= 15 is 0 Å². The van der Waals surface area contributed by atoms with Gasteiger partial charge >= 0.3 is 6.18 Å². The second-order valence-corrected chi connectivity index (χ2v) is 7.60. The Morgan fingerprint density at radius 3 is 2.32 bits per heavy atom. The first kappa shape index (κ1) is 18.5. The highest BCUT2D eigenvalue weighted by atomic mass is 32.2. The molecule has 0 amide bonds. The Bertz CT molecular complexity index is 587. The standard InChI is InChI=1S/C15H20F3N3S/c1-9-5-12(20)10(6-19)11(13(9)15(16,17)18)7-21-8-22-14(2,3)4/h5-7,19H,8,20H2,1-4H3/b19-6?,21-7+. The maximum absolute atomic E-state index is 13.3. The van der Waals surface area contributed by atoms with Crippen LogP contribution >= 0.6 is 11.8 Å².